The molecule has 0 saturated heterocycles. The van der Waals surface area contributed by atoms with Crippen LogP contribution in [-0.4, -0.2) is 41.2 Å². The number of carbonyl (C=O) groups is 3. The van der Waals surface area contributed by atoms with Gasteiger partial charge in [0.15, 0.2) is 0 Å². The van der Waals surface area contributed by atoms with Gasteiger partial charge in [-0.1, -0.05) is 60.7 Å². The number of rotatable bonds is 11. The molecule has 0 aliphatic heterocycles. The van der Waals surface area contributed by atoms with E-state index in [0.717, 1.165) is 36.8 Å². The summed E-state index contributed by atoms with van der Waals surface area (Å²) in [6, 6.07) is 18.1. The van der Waals surface area contributed by atoms with Gasteiger partial charge in [-0.3, -0.25) is 19.6 Å². The third kappa shape index (κ3) is 7.20. The average Bonchev–Trinajstić information content (AvgIpc) is 3.32. The summed E-state index contributed by atoms with van der Waals surface area (Å²) in [6.07, 6.45) is 4.47. The Labute approximate surface area is 188 Å². The second-order valence-electron chi connectivity index (χ2n) is 8.19. The molecule has 2 aromatic carbocycles. The molecule has 0 heterocycles. The van der Waals surface area contributed by atoms with Crippen LogP contribution in [0.2, 0.25) is 0 Å². The largest absolute Gasteiger partial charge is 0.462 e. The molecule has 1 aliphatic carbocycles. The quantitative estimate of drug-likeness (QED) is 0.243. The van der Waals surface area contributed by atoms with Gasteiger partial charge in [0.2, 0.25) is 12.3 Å². The molecule has 0 aromatic heterocycles. The van der Waals surface area contributed by atoms with E-state index >= 15 is 0 Å². The Kier molecular flexibility index (Phi) is 8.80. The summed E-state index contributed by atoms with van der Waals surface area (Å²) < 4.78 is 5.60. The molecule has 7 nitrogen and oxygen atoms in total. The molecule has 1 fully saturated rings. The maximum Gasteiger partial charge on any atom is 0.308 e. The number of amides is 2. The minimum Gasteiger partial charge on any atom is -0.462 e. The van der Waals surface area contributed by atoms with E-state index in [9.17, 15) is 19.6 Å². The second kappa shape index (κ2) is 12.0. The fourth-order valence-corrected chi connectivity index (χ4v) is 4.04. The summed E-state index contributed by atoms with van der Waals surface area (Å²) in [5.74, 6) is -1.38. The molecule has 2 aromatic rings. The molecule has 2 N–H and O–H groups in total. The van der Waals surface area contributed by atoms with Crippen molar-refractivity contribution >= 4 is 18.3 Å². The lowest BCUT2D eigenvalue weighted by Crippen LogP contribution is -2.41. The Balaban J connectivity index is 1.72. The standard InChI is InChI=1S/C25H30N2O5/c28-18-27(31)17-21(15-19-9-3-1-4-10-19)25(30)26-23(20-11-5-2-6-12-20)16-24(29)32-22-13-7-8-14-22/h1-6,9-12,18,21-23,31H,7-8,13-17H2,(H,26,30)/t21-,23?/m0/s1. The predicted octanol–water partition coefficient (Wildman–Crippen LogP) is 3.43. The van der Waals surface area contributed by atoms with Crippen LogP contribution in [0.1, 0.15) is 49.3 Å². The highest BCUT2D eigenvalue weighted by Gasteiger charge is 2.27. The molecule has 2 atom stereocenters. The molecule has 32 heavy (non-hydrogen) atoms. The maximum absolute atomic E-state index is 13.2. The molecule has 3 rings (SSSR count). The van der Waals surface area contributed by atoms with E-state index in [-0.39, 0.29) is 37.4 Å². The third-order valence-corrected chi connectivity index (χ3v) is 5.71. The fraction of sp³-hybridized carbons (Fsp3) is 0.400. The van der Waals surface area contributed by atoms with Gasteiger partial charge in [-0.2, -0.15) is 0 Å². The minimum absolute atomic E-state index is 0.0147. The highest BCUT2D eigenvalue weighted by molar-refractivity contribution is 5.81. The van der Waals surface area contributed by atoms with Crippen molar-refractivity contribution in [2.75, 3.05) is 6.54 Å². The highest BCUT2D eigenvalue weighted by Crippen LogP contribution is 2.24. The third-order valence-electron chi connectivity index (χ3n) is 5.71. The molecule has 0 bridgehead atoms. The normalized spacial score (nSPS) is 15.5. The molecular weight excluding hydrogens is 408 g/mol. The van der Waals surface area contributed by atoms with E-state index in [4.69, 9.17) is 4.74 Å². The van der Waals surface area contributed by atoms with E-state index < -0.39 is 12.0 Å². The van der Waals surface area contributed by atoms with Gasteiger partial charge in [0.05, 0.1) is 24.9 Å². The van der Waals surface area contributed by atoms with Crippen molar-refractivity contribution in [2.24, 2.45) is 5.92 Å². The SMILES string of the molecule is O=CN(O)C[C@H](Cc1ccccc1)C(=O)NC(CC(=O)OC1CCCC1)c1ccccc1. The lowest BCUT2D eigenvalue weighted by molar-refractivity contribution is -0.154. The number of carbonyl (C=O) groups excluding carboxylic acids is 3. The van der Waals surface area contributed by atoms with E-state index in [1.807, 2.05) is 60.7 Å². The first-order valence-corrected chi connectivity index (χ1v) is 11.0. The van der Waals surface area contributed by atoms with E-state index in [0.29, 0.717) is 11.5 Å². The van der Waals surface area contributed by atoms with Gasteiger partial charge in [0.1, 0.15) is 6.10 Å². The molecule has 2 amide bonds. The first kappa shape index (κ1) is 23.5. The Morgan fingerprint density at radius 1 is 1.06 bits per heavy atom. The smallest absolute Gasteiger partial charge is 0.308 e. The molecule has 170 valence electrons. The zero-order chi connectivity index (χ0) is 22.8. The summed E-state index contributed by atoms with van der Waals surface area (Å²) in [6.45, 7) is -0.155. The van der Waals surface area contributed by atoms with Crippen molar-refractivity contribution in [3.63, 3.8) is 0 Å². The first-order valence-electron chi connectivity index (χ1n) is 11.0. The molecule has 0 radical (unpaired) electrons. The molecule has 1 saturated carbocycles. The summed E-state index contributed by atoms with van der Waals surface area (Å²) in [7, 11) is 0. The van der Waals surface area contributed by atoms with E-state index in [1.54, 1.807) is 0 Å². The molecule has 1 aliphatic rings. The van der Waals surface area contributed by atoms with Crippen LogP contribution < -0.4 is 5.32 Å². The van der Waals surface area contributed by atoms with Crippen molar-refractivity contribution < 1.29 is 24.3 Å². The van der Waals surface area contributed by atoms with Gasteiger partial charge < -0.3 is 10.1 Å². The van der Waals surface area contributed by atoms with Crippen molar-refractivity contribution in [1.82, 2.24) is 10.4 Å². The molecule has 1 unspecified atom stereocenters. The van der Waals surface area contributed by atoms with Crippen LogP contribution in [0.4, 0.5) is 0 Å². The van der Waals surface area contributed by atoms with Gasteiger partial charge in [0.25, 0.3) is 0 Å². The van der Waals surface area contributed by atoms with Crippen LogP contribution in [0.3, 0.4) is 0 Å². The van der Waals surface area contributed by atoms with Crippen molar-refractivity contribution in [2.45, 2.75) is 50.7 Å². The number of esters is 1. The number of nitrogens with zero attached hydrogens (tertiary/aromatic N) is 1. The van der Waals surface area contributed by atoms with Gasteiger partial charge in [0, 0.05) is 0 Å². The Morgan fingerprint density at radius 2 is 1.69 bits per heavy atom. The zero-order valence-electron chi connectivity index (χ0n) is 18.1. The lowest BCUT2D eigenvalue weighted by atomic mass is 9.96. The summed E-state index contributed by atoms with van der Waals surface area (Å²) in [5.41, 5.74) is 1.70. The predicted molar refractivity (Wildman–Crippen MR) is 118 cm³/mol. The monoisotopic (exact) mass is 438 g/mol. The van der Waals surface area contributed by atoms with Crippen LogP contribution in [0, 0.1) is 5.92 Å². The van der Waals surface area contributed by atoms with Gasteiger partial charge in [-0.05, 0) is 43.2 Å². The Morgan fingerprint density at radius 3 is 2.31 bits per heavy atom. The Bertz CT molecular complexity index is 868. The summed E-state index contributed by atoms with van der Waals surface area (Å²) in [5, 5.41) is 13.1. The topological polar surface area (TPSA) is 95.9 Å². The second-order valence-corrected chi connectivity index (χ2v) is 8.19. The number of nitrogens with one attached hydrogen (secondary N) is 1. The van der Waals surface area contributed by atoms with Crippen LogP contribution in [0.15, 0.2) is 60.7 Å². The summed E-state index contributed by atoms with van der Waals surface area (Å²) in [4.78, 5) is 36.7. The number of benzene rings is 2. The van der Waals surface area contributed by atoms with Crippen LogP contribution in [-0.2, 0) is 25.5 Å². The van der Waals surface area contributed by atoms with Gasteiger partial charge >= 0.3 is 5.97 Å². The van der Waals surface area contributed by atoms with Crippen LogP contribution in [0.25, 0.3) is 0 Å². The number of hydrogen-bond donors (Lipinski definition) is 2. The zero-order valence-corrected chi connectivity index (χ0v) is 18.1. The lowest BCUT2D eigenvalue weighted by Gasteiger charge is -2.24. The van der Waals surface area contributed by atoms with E-state index in [2.05, 4.69) is 5.32 Å². The number of hydrogen-bond acceptors (Lipinski definition) is 5. The van der Waals surface area contributed by atoms with Crippen molar-refractivity contribution in [1.29, 1.82) is 0 Å². The van der Waals surface area contributed by atoms with Crippen LogP contribution >= 0.6 is 0 Å². The average molecular weight is 439 g/mol. The molecule has 0 spiro atoms. The van der Waals surface area contributed by atoms with Gasteiger partial charge in [-0.15, -0.1) is 0 Å². The Hall–Kier alpha value is -3.19. The minimum atomic E-state index is -0.690. The summed E-state index contributed by atoms with van der Waals surface area (Å²) >= 11 is 0. The van der Waals surface area contributed by atoms with Crippen molar-refractivity contribution in [3.05, 3.63) is 71.8 Å². The van der Waals surface area contributed by atoms with E-state index in [1.165, 1.54) is 0 Å². The molecule has 7 heteroatoms. The molecular formula is C25H30N2O5. The maximum atomic E-state index is 13.2. The number of ether oxygens (including phenoxy) is 1. The number of hydroxylamine groups is 2. The first-order chi connectivity index (χ1) is 15.5. The fourth-order valence-electron chi connectivity index (χ4n) is 4.04. The van der Waals surface area contributed by atoms with Crippen LogP contribution in [0.5, 0.6) is 0 Å². The van der Waals surface area contributed by atoms with Crippen molar-refractivity contribution in [3.8, 4) is 0 Å². The highest BCUT2D eigenvalue weighted by atomic mass is 16.5. The van der Waals surface area contributed by atoms with Gasteiger partial charge in [-0.25, -0.2) is 5.06 Å².